The fourth-order valence-electron chi connectivity index (χ4n) is 6.13. The molecule has 6 rings (SSSR count). The zero-order valence-electron chi connectivity index (χ0n) is 26.9. The number of hydrogen-bond donors (Lipinski definition) is 6. The summed E-state index contributed by atoms with van der Waals surface area (Å²) in [5.41, 5.74) is 29.8. The number of aromatic nitrogens is 2. The van der Waals surface area contributed by atoms with E-state index in [0.717, 1.165) is 0 Å². The molecule has 10 N–H and O–H groups in total. The number of hydrogen-bond acceptors (Lipinski definition) is 12. The first kappa shape index (κ1) is 32.8. The van der Waals surface area contributed by atoms with Crippen LogP contribution in [-0.2, 0) is 27.2 Å². The van der Waals surface area contributed by atoms with Crippen LogP contribution in [0.3, 0.4) is 0 Å². The average Bonchev–Trinajstić information content (AvgIpc) is 3.06. The van der Waals surface area contributed by atoms with E-state index < -0.39 is 24.1 Å². The summed E-state index contributed by atoms with van der Waals surface area (Å²) in [4.78, 5) is 35.3. The van der Waals surface area contributed by atoms with Gasteiger partial charge in [0.15, 0.2) is 6.10 Å². The molecule has 252 valence electrons. The number of anilines is 4. The quantitative estimate of drug-likeness (QED) is 0.0643. The minimum Gasteiger partial charge on any atom is -0.494 e. The topological polar surface area (TPSA) is 232 Å². The van der Waals surface area contributed by atoms with Crippen LogP contribution >= 0.6 is 0 Å². The van der Waals surface area contributed by atoms with Crippen molar-refractivity contribution >= 4 is 78.3 Å². The molecular formula is C36H36N6O7. The third-order valence-electron chi connectivity index (χ3n) is 8.33. The second kappa shape index (κ2) is 13.2. The van der Waals surface area contributed by atoms with E-state index in [4.69, 9.17) is 37.1 Å². The van der Waals surface area contributed by atoms with Crippen LogP contribution in [0.15, 0.2) is 60.7 Å². The van der Waals surface area contributed by atoms with Gasteiger partial charge in [-0.3, -0.25) is 0 Å². The fourth-order valence-corrected chi connectivity index (χ4v) is 6.13. The van der Waals surface area contributed by atoms with Gasteiger partial charge in [-0.1, -0.05) is 0 Å². The third kappa shape index (κ3) is 6.19. The molecule has 0 saturated carbocycles. The van der Waals surface area contributed by atoms with Gasteiger partial charge >= 0.3 is 11.9 Å². The van der Waals surface area contributed by atoms with Gasteiger partial charge in [0, 0.05) is 56.9 Å². The number of ether oxygens (including phenoxy) is 3. The molecule has 0 fully saturated rings. The lowest BCUT2D eigenvalue weighted by Gasteiger charge is -2.21. The summed E-state index contributed by atoms with van der Waals surface area (Å²) >= 11 is 0. The smallest absolute Gasteiger partial charge is 0.345 e. The Morgan fingerprint density at radius 2 is 1.16 bits per heavy atom. The third-order valence-corrected chi connectivity index (χ3v) is 8.33. The number of carboxylic acids is 1. The molecule has 0 aliphatic carbocycles. The number of rotatable bonds is 11. The predicted molar refractivity (Wildman–Crippen MR) is 189 cm³/mol. The number of aliphatic hydroxyl groups is 1. The Morgan fingerprint density at radius 1 is 0.694 bits per heavy atom. The molecule has 6 aromatic rings. The molecule has 4 aromatic carbocycles. The summed E-state index contributed by atoms with van der Waals surface area (Å²) in [6.07, 6.45) is -4.12. The first-order chi connectivity index (χ1) is 23.5. The molecule has 49 heavy (non-hydrogen) atoms. The van der Waals surface area contributed by atoms with Gasteiger partial charge in [0.05, 0.1) is 46.7 Å². The number of carbonyl (C=O) groups excluding carboxylic acids is 1. The number of pyridine rings is 2. The van der Waals surface area contributed by atoms with Crippen molar-refractivity contribution in [3.8, 4) is 11.5 Å². The van der Waals surface area contributed by atoms with Crippen LogP contribution in [0.5, 0.6) is 11.5 Å². The van der Waals surface area contributed by atoms with Crippen LogP contribution in [0.1, 0.15) is 25.0 Å². The van der Waals surface area contributed by atoms with Crippen LogP contribution in [-0.4, -0.2) is 57.5 Å². The Kier molecular flexibility index (Phi) is 8.85. The van der Waals surface area contributed by atoms with E-state index in [1.165, 1.54) is 0 Å². The van der Waals surface area contributed by atoms with Crippen molar-refractivity contribution in [2.45, 2.75) is 38.9 Å². The lowest BCUT2D eigenvalue weighted by Crippen LogP contribution is -2.35. The monoisotopic (exact) mass is 664 g/mol. The average molecular weight is 665 g/mol. The molecule has 2 aromatic heterocycles. The van der Waals surface area contributed by atoms with Crippen molar-refractivity contribution < 1.29 is 34.0 Å². The minimum absolute atomic E-state index is 0.278. The normalized spacial score (nSPS) is 12.7. The molecule has 0 aliphatic heterocycles. The number of aliphatic carboxylic acids is 1. The van der Waals surface area contributed by atoms with E-state index in [9.17, 15) is 19.8 Å². The zero-order valence-corrected chi connectivity index (χ0v) is 26.9. The molecule has 0 bridgehead atoms. The fraction of sp³-hybridized carbons (Fsp3) is 0.222. The Balaban J connectivity index is 1.35. The summed E-state index contributed by atoms with van der Waals surface area (Å²) in [5.74, 6) is -1.85. The number of aliphatic hydroxyl groups excluding tert-OH is 1. The van der Waals surface area contributed by atoms with Gasteiger partial charge < -0.3 is 47.4 Å². The summed E-state index contributed by atoms with van der Waals surface area (Å²) in [6.45, 7) is 4.16. The number of nitrogens with two attached hydrogens (primary N) is 4. The van der Waals surface area contributed by atoms with Gasteiger partial charge in [-0.25, -0.2) is 19.6 Å². The standard InChI is InChI=1S/C36H36N6O7/c1-3-47-28-11-9-23-31(33(39)19-7-5-17(37)13-25(19)41-23)21(28)15-27(43)36(46)49-30(35(44)45)16-22-29(48-4-2)12-10-24-32(22)34(40)20-8-6-18(38)14-26(20)42-24/h5-14,27,30,43H,3-4,15-16,37-38H2,1-2H3,(H2,39,41)(H2,40,42)(H,44,45). The van der Waals surface area contributed by atoms with Crippen LogP contribution < -0.4 is 32.4 Å². The van der Waals surface area contributed by atoms with Crippen LogP contribution in [0, 0.1) is 0 Å². The second-order valence-corrected chi connectivity index (χ2v) is 11.5. The maximum absolute atomic E-state index is 13.4. The maximum atomic E-state index is 13.4. The largest absolute Gasteiger partial charge is 0.494 e. The number of nitrogen functional groups attached to an aromatic ring is 4. The Hall–Kier alpha value is -6.08. The van der Waals surface area contributed by atoms with Crippen molar-refractivity contribution in [3.63, 3.8) is 0 Å². The molecule has 0 amide bonds. The highest BCUT2D eigenvalue weighted by molar-refractivity contribution is 6.10. The highest BCUT2D eigenvalue weighted by Crippen LogP contribution is 2.39. The molecule has 0 radical (unpaired) electrons. The van der Waals surface area contributed by atoms with E-state index in [0.29, 0.717) is 95.6 Å². The first-order valence-corrected chi connectivity index (χ1v) is 15.7. The predicted octanol–water partition coefficient (Wildman–Crippen LogP) is 4.36. The SMILES string of the molecule is CCOc1ccc2nc3cc(N)ccc3c(N)c2c1CC(O)C(=O)OC(Cc1c(OCC)ccc2nc3cc(N)ccc3c(N)c12)C(=O)O. The number of fused-ring (bicyclic) bond motifs is 4. The van der Waals surface area contributed by atoms with Gasteiger partial charge in [0.1, 0.15) is 11.5 Å². The number of carbonyl (C=O) groups is 2. The lowest BCUT2D eigenvalue weighted by molar-refractivity contribution is -0.170. The highest BCUT2D eigenvalue weighted by Gasteiger charge is 2.31. The van der Waals surface area contributed by atoms with Gasteiger partial charge in [-0.05, 0) is 74.5 Å². The molecule has 0 saturated heterocycles. The van der Waals surface area contributed by atoms with Gasteiger partial charge in [0.25, 0.3) is 0 Å². The molecule has 13 heteroatoms. The Bertz CT molecular complexity index is 2280. The number of nitrogens with zero attached hydrogens (tertiary/aromatic N) is 2. The van der Waals surface area contributed by atoms with Crippen molar-refractivity contribution in [1.29, 1.82) is 0 Å². The molecule has 2 heterocycles. The molecule has 2 atom stereocenters. The van der Waals surface area contributed by atoms with Crippen LogP contribution in [0.4, 0.5) is 22.7 Å². The van der Waals surface area contributed by atoms with E-state index in [1.54, 1.807) is 74.5 Å². The van der Waals surface area contributed by atoms with E-state index >= 15 is 0 Å². The zero-order chi connectivity index (χ0) is 35.0. The van der Waals surface area contributed by atoms with Gasteiger partial charge in [-0.2, -0.15) is 0 Å². The molecular weight excluding hydrogens is 628 g/mol. The number of carboxylic acid groups (broad SMARTS) is 1. The number of benzene rings is 4. The number of esters is 1. The summed E-state index contributed by atoms with van der Waals surface area (Å²) < 4.78 is 17.2. The highest BCUT2D eigenvalue weighted by atomic mass is 16.6. The minimum atomic E-state index is -1.78. The van der Waals surface area contributed by atoms with Crippen LogP contribution in [0.2, 0.25) is 0 Å². The van der Waals surface area contributed by atoms with Gasteiger partial charge in [0.2, 0.25) is 6.10 Å². The van der Waals surface area contributed by atoms with E-state index in [2.05, 4.69) is 9.97 Å². The Labute approximate surface area is 280 Å². The lowest BCUT2D eigenvalue weighted by atomic mass is 9.97. The van der Waals surface area contributed by atoms with Gasteiger partial charge in [-0.15, -0.1) is 0 Å². The summed E-state index contributed by atoms with van der Waals surface area (Å²) in [6, 6.07) is 17.1. The van der Waals surface area contributed by atoms with E-state index in [-0.39, 0.29) is 19.4 Å². The molecule has 13 nitrogen and oxygen atoms in total. The molecule has 2 unspecified atom stereocenters. The molecule has 0 spiro atoms. The van der Waals surface area contributed by atoms with Crippen LogP contribution in [0.25, 0.3) is 43.6 Å². The van der Waals surface area contributed by atoms with Crippen molar-refractivity contribution in [3.05, 3.63) is 71.8 Å². The van der Waals surface area contributed by atoms with Crippen molar-refractivity contribution in [1.82, 2.24) is 9.97 Å². The van der Waals surface area contributed by atoms with Crippen molar-refractivity contribution in [2.75, 3.05) is 36.1 Å². The first-order valence-electron chi connectivity index (χ1n) is 15.7. The summed E-state index contributed by atoms with van der Waals surface area (Å²) in [7, 11) is 0. The van der Waals surface area contributed by atoms with Crippen molar-refractivity contribution in [2.24, 2.45) is 0 Å². The summed E-state index contributed by atoms with van der Waals surface area (Å²) in [5, 5.41) is 23.6. The van der Waals surface area contributed by atoms with E-state index in [1.807, 2.05) is 0 Å². The second-order valence-electron chi connectivity index (χ2n) is 11.5. The maximum Gasteiger partial charge on any atom is 0.345 e. The Morgan fingerprint density at radius 3 is 1.61 bits per heavy atom. The molecule has 0 aliphatic rings.